The van der Waals surface area contributed by atoms with E-state index in [4.69, 9.17) is 4.98 Å². The summed E-state index contributed by atoms with van der Waals surface area (Å²) < 4.78 is 0. The van der Waals surface area contributed by atoms with Crippen molar-refractivity contribution in [3.05, 3.63) is 36.0 Å². The monoisotopic (exact) mass is 283 g/mol. The zero-order valence-electron chi connectivity index (χ0n) is 13.1. The van der Waals surface area contributed by atoms with Crippen molar-refractivity contribution in [3.8, 4) is 0 Å². The van der Waals surface area contributed by atoms with Crippen molar-refractivity contribution in [2.75, 3.05) is 18.0 Å². The van der Waals surface area contributed by atoms with E-state index in [0.29, 0.717) is 0 Å². The van der Waals surface area contributed by atoms with Crippen LogP contribution in [-0.2, 0) is 6.54 Å². The van der Waals surface area contributed by atoms with Crippen molar-refractivity contribution in [1.29, 1.82) is 0 Å². The minimum Gasteiger partial charge on any atom is -0.368 e. The van der Waals surface area contributed by atoms with Crippen LogP contribution in [0.5, 0.6) is 0 Å². The molecule has 0 saturated heterocycles. The quantitative estimate of drug-likeness (QED) is 0.839. The predicted molar refractivity (Wildman–Crippen MR) is 89.8 cm³/mol. The maximum atomic E-state index is 4.81. The van der Waals surface area contributed by atoms with Crippen molar-refractivity contribution in [2.24, 2.45) is 0 Å². The first kappa shape index (κ1) is 14.3. The number of hydrogen-bond donors (Lipinski definition) is 1. The molecule has 3 rings (SSSR count). The molecule has 1 fully saturated rings. The minimum absolute atomic E-state index is 0.739. The van der Waals surface area contributed by atoms with Gasteiger partial charge in [0, 0.05) is 30.2 Å². The molecule has 0 amide bonds. The highest BCUT2D eigenvalue weighted by atomic mass is 15.2. The standard InChI is InChI=1S/C18H25N3/c1-3-11-21(15-9-10-15)18-12-14(13-19-4-2)20-17-8-6-5-7-16(17)18/h5-8,12,15,19H,3-4,9-11,13H2,1-2H3. The lowest BCUT2D eigenvalue weighted by Crippen LogP contribution is -2.27. The summed E-state index contributed by atoms with van der Waals surface area (Å²) >= 11 is 0. The van der Waals surface area contributed by atoms with Gasteiger partial charge in [-0.25, -0.2) is 0 Å². The molecule has 21 heavy (non-hydrogen) atoms. The second-order valence-corrected chi connectivity index (χ2v) is 5.85. The molecular weight excluding hydrogens is 258 g/mol. The van der Waals surface area contributed by atoms with Gasteiger partial charge in [0.1, 0.15) is 0 Å². The number of anilines is 1. The minimum atomic E-state index is 0.739. The van der Waals surface area contributed by atoms with Crippen molar-refractivity contribution in [1.82, 2.24) is 10.3 Å². The molecule has 1 N–H and O–H groups in total. The van der Waals surface area contributed by atoms with Crippen LogP contribution in [-0.4, -0.2) is 24.1 Å². The van der Waals surface area contributed by atoms with E-state index in [1.165, 1.54) is 30.3 Å². The molecule has 1 aromatic carbocycles. The summed E-state index contributed by atoms with van der Waals surface area (Å²) in [5.74, 6) is 0. The van der Waals surface area contributed by atoms with E-state index in [2.05, 4.69) is 54.4 Å². The molecule has 1 aromatic heterocycles. The Bertz CT molecular complexity index is 604. The van der Waals surface area contributed by atoms with Gasteiger partial charge in [0.05, 0.1) is 11.2 Å². The van der Waals surface area contributed by atoms with Crippen LogP contribution in [0.3, 0.4) is 0 Å². The number of rotatable bonds is 7. The molecule has 1 heterocycles. The van der Waals surface area contributed by atoms with Gasteiger partial charge in [-0.15, -0.1) is 0 Å². The summed E-state index contributed by atoms with van der Waals surface area (Å²) in [6.07, 6.45) is 3.86. The van der Waals surface area contributed by atoms with E-state index in [-0.39, 0.29) is 0 Å². The maximum absolute atomic E-state index is 4.81. The highest BCUT2D eigenvalue weighted by Gasteiger charge is 2.29. The van der Waals surface area contributed by atoms with Gasteiger partial charge >= 0.3 is 0 Å². The second kappa shape index (κ2) is 6.44. The number of hydrogen-bond acceptors (Lipinski definition) is 3. The van der Waals surface area contributed by atoms with Gasteiger partial charge < -0.3 is 10.2 Å². The zero-order valence-corrected chi connectivity index (χ0v) is 13.1. The third-order valence-corrected chi connectivity index (χ3v) is 4.07. The van der Waals surface area contributed by atoms with Gasteiger partial charge in [0.2, 0.25) is 0 Å². The molecule has 2 aromatic rings. The summed E-state index contributed by atoms with van der Waals surface area (Å²) in [5, 5.41) is 4.68. The van der Waals surface area contributed by atoms with Crippen LogP contribution in [0.25, 0.3) is 10.9 Å². The highest BCUT2D eigenvalue weighted by molar-refractivity contribution is 5.92. The molecule has 0 radical (unpaired) electrons. The second-order valence-electron chi connectivity index (χ2n) is 5.85. The van der Waals surface area contributed by atoms with E-state index in [1.807, 2.05) is 0 Å². The lowest BCUT2D eigenvalue weighted by Gasteiger charge is -2.26. The van der Waals surface area contributed by atoms with Crippen LogP contribution < -0.4 is 10.2 Å². The zero-order chi connectivity index (χ0) is 14.7. The summed E-state index contributed by atoms with van der Waals surface area (Å²) in [5.41, 5.74) is 3.63. The van der Waals surface area contributed by atoms with E-state index in [1.54, 1.807) is 0 Å². The Morgan fingerprint density at radius 3 is 2.76 bits per heavy atom. The third kappa shape index (κ3) is 3.18. The molecule has 1 saturated carbocycles. The topological polar surface area (TPSA) is 28.2 Å². The number of para-hydroxylation sites is 1. The first-order chi connectivity index (χ1) is 10.3. The summed E-state index contributed by atoms with van der Waals surface area (Å²) in [6, 6.07) is 11.6. The fourth-order valence-corrected chi connectivity index (χ4v) is 2.92. The normalized spacial score (nSPS) is 14.6. The largest absolute Gasteiger partial charge is 0.368 e. The Hall–Kier alpha value is -1.61. The molecule has 0 aliphatic heterocycles. The van der Waals surface area contributed by atoms with Crippen LogP contribution in [0.4, 0.5) is 5.69 Å². The lowest BCUT2D eigenvalue weighted by molar-refractivity contribution is 0.710. The van der Waals surface area contributed by atoms with Gasteiger partial charge in [-0.2, -0.15) is 0 Å². The molecule has 112 valence electrons. The molecule has 1 aliphatic rings. The molecule has 1 aliphatic carbocycles. The summed E-state index contributed by atoms with van der Waals surface area (Å²) in [4.78, 5) is 7.40. The fraction of sp³-hybridized carbons (Fsp3) is 0.500. The van der Waals surface area contributed by atoms with E-state index in [9.17, 15) is 0 Å². The number of nitrogens with zero attached hydrogens (tertiary/aromatic N) is 2. The smallest absolute Gasteiger partial charge is 0.0726 e. The maximum Gasteiger partial charge on any atom is 0.0726 e. The molecular formula is C18H25N3. The first-order valence-electron chi connectivity index (χ1n) is 8.19. The molecule has 0 spiro atoms. The lowest BCUT2D eigenvalue weighted by atomic mass is 10.1. The average molecular weight is 283 g/mol. The molecule has 0 unspecified atom stereocenters. The molecule has 0 bridgehead atoms. The molecule has 3 nitrogen and oxygen atoms in total. The number of benzene rings is 1. The third-order valence-electron chi connectivity index (χ3n) is 4.07. The highest BCUT2D eigenvalue weighted by Crippen LogP contribution is 2.36. The Labute approximate surface area is 127 Å². The number of fused-ring (bicyclic) bond motifs is 1. The number of nitrogens with one attached hydrogen (secondary N) is 1. The van der Waals surface area contributed by atoms with E-state index >= 15 is 0 Å². The fourth-order valence-electron chi connectivity index (χ4n) is 2.92. The summed E-state index contributed by atoms with van der Waals surface area (Å²) in [6.45, 7) is 7.36. The van der Waals surface area contributed by atoms with Crippen LogP contribution >= 0.6 is 0 Å². The Morgan fingerprint density at radius 2 is 2.05 bits per heavy atom. The summed E-state index contributed by atoms with van der Waals surface area (Å²) in [7, 11) is 0. The van der Waals surface area contributed by atoms with Gasteiger partial charge in [-0.3, -0.25) is 4.98 Å². The van der Waals surface area contributed by atoms with Gasteiger partial charge in [0.25, 0.3) is 0 Å². The predicted octanol–water partition coefficient (Wildman–Crippen LogP) is 3.72. The molecule has 3 heteroatoms. The van der Waals surface area contributed by atoms with E-state index < -0.39 is 0 Å². The van der Waals surface area contributed by atoms with Crippen molar-refractivity contribution in [2.45, 2.75) is 45.7 Å². The van der Waals surface area contributed by atoms with Crippen LogP contribution in [0, 0.1) is 0 Å². The van der Waals surface area contributed by atoms with Gasteiger partial charge in [-0.1, -0.05) is 32.0 Å². The van der Waals surface area contributed by atoms with Crippen molar-refractivity contribution in [3.63, 3.8) is 0 Å². The van der Waals surface area contributed by atoms with Crippen LogP contribution in [0.1, 0.15) is 38.8 Å². The number of aromatic nitrogens is 1. The van der Waals surface area contributed by atoms with Crippen LogP contribution in [0.2, 0.25) is 0 Å². The Kier molecular flexibility index (Phi) is 4.39. The van der Waals surface area contributed by atoms with E-state index in [0.717, 1.165) is 36.9 Å². The first-order valence-corrected chi connectivity index (χ1v) is 8.19. The Morgan fingerprint density at radius 1 is 1.24 bits per heavy atom. The number of pyridine rings is 1. The SMILES string of the molecule is CCCN(c1cc(CNCC)nc2ccccc12)C1CC1. The van der Waals surface area contributed by atoms with Crippen molar-refractivity contribution >= 4 is 16.6 Å². The van der Waals surface area contributed by atoms with Crippen molar-refractivity contribution < 1.29 is 0 Å². The van der Waals surface area contributed by atoms with Gasteiger partial charge in [0.15, 0.2) is 0 Å². The molecule has 0 atom stereocenters. The Balaban J connectivity index is 2.04. The van der Waals surface area contributed by atoms with Crippen LogP contribution in [0.15, 0.2) is 30.3 Å². The average Bonchev–Trinajstić information content (AvgIpc) is 3.34. The van der Waals surface area contributed by atoms with Gasteiger partial charge in [-0.05, 0) is 37.9 Å².